The minimum Gasteiger partial charge on any atom is -0.275 e. The summed E-state index contributed by atoms with van der Waals surface area (Å²) in [6.45, 7) is 0. The molecule has 4 aromatic rings. The molecule has 0 aliphatic carbocycles. The molecule has 0 saturated heterocycles. The zero-order valence-corrected chi connectivity index (χ0v) is 12.5. The van der Waals surface area contributed by atoms with Crippen LogP contribution in [0.3, 0.4) is 0 Å². The topological polar surface area (TPSA) is 58.9 Å². The van der Waals surface area contributed by atoms with E-state index in [9.17, 15) is 13.2 Å². The summed E-state index contributed by atoms with van der Waals surface area (Å²) in [7, 11) is 0. The van der Waals surface area contributed by atoms with Crippen LogP contribution in [0.2, 0.25) is 0 Å². The van der Waals surface area contributed by atoms with E-state index in [4.69, 9.17) is 0 Å². The monoisotopic (exact) mass is 339 g/mol. The normalized spacial score (nSPS) is 12.8. The Labute approximate surface area is 138 Å². The van der Waals surface area contributed by atoms with Gasteiger partial charge in [0.1, 0.15) is 23.1 Å². The average Bonchev–Trinajstić information content (AvgIpc) is 3.17. The Balaban J connectivity index is 1.95. The number of nitrogens with zero attached hydrogens (tertiary/aromatic N) is 4. The van der Waals surface area contributed by atoms with Gasteiger partial charge in [0, 0.05) is 10.9 Å². The van der Waals surface area contributed by atoms with Gasteiger partial charge in [-0.05, 0) is 24.3 Å². The van der Waals surface area contributed by atoms with Crippen LogP contribution < -0.4 is 0 Å². The molecule has 0 saturated carbocycles. The lowest BCUT2D eigenvalue weighted by Crippen LogP contribution is -2.18. The zero-order valence-electron chi connectivity index (χ0n) is 12.5. The Hall–Kier alpha value is -3.42. The lowest BCUT2D eigenvalue weighted by Gasteiger charge is -2.09. The van der Waals surface area contributed by atoms with Crippen molar-refractivity contribution >= 4 is 22.4 Å². The van der Waals surface area contributed by atoms with Gasteiger partial charge in [-0.25, -0.2) is 22.8 Å². The van der Waals surface area contributed by atoms with E-state index < -0.39 is 17.5 Å². The maximum atomic E-state index is 14.4. The predicted octanol–water partition coefficient (Wildman–Crippen LogP) is 3.78. The van der Waals surface area contributed by atoms with Crippen LogP contribution in [0.4, 0.5) is 18.9 Å². The van der Waals surface area contributed by atoms with Gasteiger partial charge in [0.15, 0.2) is 5.84 Å². The van der Waals surface area contributed by atoms with Crippen LogP contribution in [0, 0.1) is 17.5 Å². The summed E-state index contributed by atoms with van der Waals surface area (Å²) in [5.41, 5.74) is 1.45. The number of benzene rings is 2. The smallest absolute Gasteiger partial charge is 0.167 e. The standard InChI is InChI=1S/C17H8F3N5/c18-9-4-8-6-22-25-16(8)10(5-9)15-13(7-21-24-15)23-17(25)14-11(19)2-1-3-12(14)20/h1-7H,(H,21,24). The molecule has 1 aliphatic heterocycles. The van der Waals surface area contributed by atoms with Crippen LogP contribution in [0.5, 0.6) is 0 Å². The Bertz CT molecular complexity index is 1170. The van der Waals surface area contributed by atoms with Crippen LogP contribution in [-0.2, 0) is 0 Å². The van der Waals surface area contributed by atoms with Gasteiger partial charge < -0.3 is 0 Å². The second-order valence-electron chi connectivity index (χ2n) is 5.61. The Morgan fingerprint density at radius 1 is 1.00 bits per heavy atom. The van der Waals surface area contributed by atoms with E-state index in [0.29, 0.717) is 27.8 Å². The fraction of sp³-hybridized carbons (Fsp3) is 0. The van der Waals surface area contributed by atoms with Gasteiger partial charge in [-0.15, -0.1) is 0 Å². The molecular weight excluding hydrogens is 331 g/mol. The summed E-state index contributed by atoms with van der Waals surface area (Å²) in [5.74, 6) is -2.02. The lowest BCUT2D eigenvalue weighted by atomic mass is 10.1. The number of aliphatic imine (C=N–C) groups is 1. The van der Waals surface area contributed by atoms with E-state index in [2.05, 4.69) is 20.3 Å². The number of aromatic nitrogens is 4. The first-order chi connectivity index (χ1) is 12.1. The molecule has 5 nitrogen and oxygen atoms in total. The highest BCUT2D eigenvalue weighted by atomic mass is 19.1. The molecule has 2 aromatic carbocycles. The van der Waals surface area contributed by atoms with E-state index >= 15 is 0 Å². The molecule has 122 valence electrons. The second kappa shape index (κ2) is 4.79. The second-order valence-corrected chi connectivity index (χ2v) is 5.61. The van der Waals surface area contributed by atoms with Crippen molar-refractivity contribution in [1.82, 2.24) is 20.0 Å². The molecule has 1 aliphatic rings. The summed E-state index contributed by atoms with van der Waals surface area (Å²) in [5, 5.41) is 11.4. The van der Waals surface area contributed by atoms with Gasteiger partial charge in [0.05, 0.1) is 29.2 Å². The molecule has 0 unspecified atom stereocenters. The summed E-state index contributed by atoms with van der Waals surface area (Å²) in [6.07, 6.45) is 2.84. The molecule has 0 amide bonds. The number of halogens is 3. The highest BCUT2D eigenvalue weighted by molar-refractivity contribution is 6.11. The number of rotatable bonds is 1. The average molecular weight is 339 g/mol. The van der Waals surface area contributed by atoms with Crippen LogP contribution >= 0.6 is 0 Å². The highest BCUT2D eigenvalue weighted by Crippen LogP contribution is 2.37. The quantitative estimate of drug-likeness (QED) is 0.505. The SMILES string of the molecule is Fc1cc2c3c(cnn3C(c3c(F)cccc3F)=Nc3cn[nH]c3-2)c1. The molecule has 0 spiro atoms. The number of aromatic amines is 1. The predicted molar refractivity (Wildman–Crippen MR) is 85.2 cm³/mol. The Morgan fingerprint density at radius 2 is 1.80 bits per heavy atom. The first kappa shape index (κ1) is 14.0. The van der Waals surface area contributed by atoms with Crippen molar-refractivity contribution in [2.75, 3.05) is 0 Å². The van der Waals surface area contributed by atoms with Crippen molar-refractivity contribution in [3.8, 4) is 11.3 Å². The van der Waals surface area contributed by atoms with Gasteiger partial charge in [0.2, 0.25) is 0 Å². The summed E-state index contributed by atoms with van der Waals surface area (Å²) < 4.78 is 44.0. The van der Waals surface area contributed by atoms with Crippen LogP contribution in [0.15, 0.2) is 47.7 Å². The van der Waals surface area contributed by atoms with Gasteiger partial charge >= 0.3 is 0 Å². The first-order valence-corrected chi connectivity index (χ1v) is 7.38. The highest BCUT2D eigenvalue weighted by Gasteiger charge is 2.26. The van der Waals surface area contributed by atoms with Crippen LogP contribution in [0.1, 0.15) is 5.56 Å². The van der Waals surface area contributed by atoms with E-state index in [-0.39, 0.29) is 11.4 Å². The summed E-state index contributed by atoms with van der Waals surface area (Å²) in [4.78, 5) is 4.35. The molecule has 2 aromatic heterocycles. The van der Waals surface area contributed by atoms with E-state index in [1.807, 2.05) is 0 Å². The number of H-pyrrole nitrogens is 1. The van der Waals surface area contributed by atoms with Gasteiger partial charge in [-0.1, -0.05) is 6.07 Å². The number of hydrogen-bond acceptors (Lipinski definition) is 3. The molecule has 25 heavy (non-hydrogen) atoms. The third-order valence-electron chi connectivity index (χ3n) is 4.13. The first-order valence-electron chi connectivity index (χ1n) is 7.38. The van der Waals surface area contributed by atoms with Crippen molar-refractivity contribution in [1.29, 1.82) is 0 Å². The Morgan fingerprint density at radius 3 is 2.60 bits per heavy atom. The molecule has 1 N–H and O–H groups in total. The zero-order chi connectivity index (χ0) is 17.1. The van der Waals surface area contributed by atoms with Crippen molar-refractivity contribution in [2.24, 2.45) is 4.99 Å². The van der Waals surface area contributed by atoms with E-state index in [1.54, 1.807) is 0 Å². The molecule has 5 rings (SSSR count). The van der Waals surface area contributed by atoms with Crippen molar-refractivity contribution in [2.45, 2.75) is 0 Å². The fourth-order valence-corrected chi connectivity index (χ4v) is 3.08. The van der Waals surface area contributed by atoms with Gasteiger partial charge in [-0.2, -0.15) is 10.2 Å². The molecule has 8 heteroatoms. The minimum absolute atomic E-state index is 0.0291. The van der Waals surface area contributed by atoms with Crippen molar-refractivity contribution in [3.63, 3.8) is 0 Å². The summed E-state index contributed by atoms with van der Waals surface area (Å²) in [6, 6.07) is 6.19. The summed E-state index contributed by atoms with van der Waals surface area (Å²) >= 11 is 0. The number of fused-ring (bicyclic) bond motifs is 2. The van der Waals surface area contributed by atoms with E-state index in [0.717, 1.165) is 12.1 Å². The van der Waals surface area contributed by atoms with Gasteiger partial charge in [0.25, 0.3) is 0 Å². The molecular formula is C17H8F3N5. The minimum atomic E-state index is -0.766. The third kappa shape index (κ3) is 1.87. The molecule has 0 radical (unpaired) electrons. The van der Waals surface area contributed by atoms with Crippen molar-refractivity contribution < 1.29 is 13.2 Å². The maximum absolute atomic E-state index is 14.4. The van der Waals surface area contributed by atoms with Crippen LogP contribution in [0.25, 0.3) is 22.2 Å². The molecule has 3 heterocycles. The van der Waals surface area contributed by atoms with Gasteiger partial charge in [-0.3, -0.25) is 5.10 Å². The fourth-order valence-electron chi connectivity index (χ4n) is 3.08. The molecule has 0 atom stereocenters. The molecule has 0 fully saturated rings. The third-order valence-corrected chi connectivity index (χ3v) is 4.13. The number of nitrogens with one attached hydrogen (secondary N) is 1. The largest absolute Gasteiger partial charge is 0.275 e. The molecule has 0 bridgehead atoms. The number of hydrogen-bond donors (Lipinski definition) is 1. The van der Waals surface area contributed by atoms with Crippen LogP contribution in [-0.4, -0.2) is 25.8 Å². The van der Waals surface area contributed by atoms with Crippen molar-refractivity contribution in [3.05, 3.63) is 65.7 Å². The van der Waals surface area contributed by atoms with E-state index in [1.165, 1.54) is 35.3 Å². The maximum Gasteiger partial charge on any atom is 0.167 e. The lowest BCUT2D eigenvalue weighted by molar-refractivity contribution is 0.577. The Kier molecular flexibility index (Phi) is 2.68.